The zero-order valence-corrected chi connectivity index (χ0v) is 33.7. The van der Waals surface area contributed by atoms with Crippen LogP contribution in [0.4, 0.5) is 17.1 Å². The zero-order chi connectivity index (χ0) is 47.3. The summed E-state index contributed by atoms with van der Waals surface area (Å²) in [5, 5.41) is 0. The fourth-order valence-corrected chi connectivity index (χ4v) is 10.2. The quantitative estimate of drug-likeness (QED) is 0.174. The summed E-state index contributed by atoms with van der Waals surface area (Å²) in [4.78, 5) is 2.33. The maximum Gasteiger partial charge on any atom is 0.0726 e. The first-order valence-electron chi connectivity index (χ1n) is 24.5. The fraction of sp³-hybridized carbons (Fsp3) is 0.250. The molecule has 1 unspecified atom stereocenters. The molecule has 0 amide bonds. The third kappa shape index (κ3) is 5.00. The largest absolute Gasteiger partial charge is 0.310 e. The molecular formula is C56H53N. The summed E-state index contributed by atoms with van der Waals surface area (Å²) < 4.78 is 78.6. The smallest absolute Gasteiger partial charge is 0.0726 e. The predicted molar refractivity (Wildman–Crippen MR) is 242 cm³/mol. The van der Waals surface area contributed by atoms with Crippen LogP contribution in [0.1, 0.15) is 123 Å². The first kappa shape index (κ1) is 27.1. The maximum atomic E-state index is 8.73. The van der Waals surface area contributed by atoms with Gasteiger partial charge < -0.3 is 4.90 Å². The van der Waals surface area contributed by atoms with Gasteiger partial charge in [-0.3, -0.25) is 0 Å². The number of fused-ring (bicyclic) bond motifs is 13. The van der Waals surface area contributed by atoms with E-state index in [2.05, 4.69) is 163 Å². The molecule has 1 heteroatoms. The van der Waals surface area contributed by atoms with Crippen molar-refractivity contribution in [3.8, 4) is 33.4 Å². The number of anilines is 3. The molecule has 0 aromatic heterocycles. The lowest BCUT2D eigenvalue weighted by molar-refractivity contribution is 0.586. The number of hydrogen-bond acceptors (Lipinski definition) is 1. The van der Waals surface area contributed by atoms with Gasteiger partial charge in [0.25, 0.3) is 0 Å². The number of benzene rings is 7. The Morgan fingerprint density at radius 1 is 0.456 bits per heavy atom. The molecule has 10 rings (SSSR count). The minimum Gasteiger partial charge on any atom is -0.310 e. The predicted octanol–water partition coefficient (Wildman–Crippen LogP) is 15.0. The molecule has 7 aromatic carbocycles. The molecule has 0 aliphatic heterocycles. The molecule has 0 heterocycles. The number of hydrogen-bond donors (Lipinski definition) is 0. The van der Waals surface area contributed by atoms with Gasteiger partial charge in [-0.25, -0.2) is 0 Å². The minimum atomic E-state index is -3.42. The van der Waals surface area contributed by atoms with Crippen LogP contribution in [0.15, 0.2) is 140 Å². The Morgan fingerprint density at radius 2 is 0.965 bits per heavy atom. The molecule has 1 nitrogen and oxygen atoms in total. The summed E-state index contributed by atoms with van der Waals surface area (Å²) in [5.41, 5.74) is 13.4. The van der Waals surface area contributed by atoms with Gasteiger partial charge in [0, 0.05) is 34.8 Å². The summed E-state index contributed by atoms with van der Waals surface area (Å²) in [6.45, 7) is 5.04. The summed E-state index contributed by atoms with van der Waals surface area (Å²) >= 11 is 0. The number of rotatable bonds is 3. The second kappa shape index (κ2) is 11.9. The average Bonchev–Trinajstić information content (AvgIpc) is 3.78. The molecule has 0 fully saturated rings. The molecule has 57 heavy (non-hydrogen) atoms. The Hall–Kier alpha value is -5.66. The highest BCUT2D eigenvalue weighted by Crippen LogP contribution is 2.64. The van der Waals surface area contributed by atoms with E-state index in [1.54, 1.807) is 12.1 Å². The molecule has 7 aromatic rings. The molecule has 1 spiro atoms. The molecular weight excluding hydrogens is 687 g/mol. The normalized spacial score (nSPS) is 19.8. The van der Waals surface area contributed by atoms with Gasteiger partial charge in [-0.15, -0.1) is 0 Å². The first-order valence-corrected chi connectivity index (χ1v) is 20.0. The molecule has 0 N–H and O–H groups in total. The Kier molecular flexibility index (Phi) is 5.66. The van der Waals surface area contributed by atoms with Crippen LogP contribution in [0.25, 0.3) is 33.4 Å². The van der Waals surface area contributed by atoms with E-state index in [1.165, 1.54) is 28.3 Å². The summed E-state index contributed by atoms with van der Waals surface area (Å²) in [7, 11) is 0. The average molecular weight is 749 g/mol. The van der Waals surface area contributed by atoms with E-state index in [0.29, 0.717) is 5.56 Å². The lowest BCUT2D eigenvalue weighted by Crippen LogP contribution is -2.27. The van der Waals surface area contributed by atoms with Crippen LogP contribution >= 0.6 is 0 Å². The number of aryl methyl sites for hydroxylation is 2. The van der Waals surface area contributed by atoms with Gasteiger partial charge in [0.05, 0.1) is 5.41 Å². The van der Waals surface area contributed by atoms with Crippen molar-refractivity contribution in [1.82, 2.24) is 0 Å². The molecule has 0 saturated carbocycles. The molecule has 1 atom stereocenters. The Balaban J connectivity index is 1.31. The Labute approximate surface area is 352 Å². The van der Waals surface area contributed by atoms with Crippen molar-refractivity contribution in [2.75, 3.05) is 4.90 Å². The highest BCUT2D eigenvalue weighted by atomic mass is 15.1. The Morgan fingerprint density at radius 3 is 1.61 bits per heavy atom. The van der Waals surface area contributed by atoms with Gasteiger partial charge in [-0.05, 0) is 144 Å². The number of nitrogens with zero attached hydrogens (tertiary/aromatic N) is 1. The van der Waals surface area contributed by atoms with Crippen LogP contribution in [0.5, 0.6) is 0 Å². The van der Waals surface area contributed by atoms with Crippen LogP contribution in [0, 0.1) is 13.8 Å². The SMILES string of the molecule is [2H]C([2H])([2H])C(c1ccc2c(c1)C1(c3ccccc3-c3ccc(N(c4ccc5c(c4)-c4ccccc4C5(C)C)c4cc(C)ccc4C)cc31)c1cc(C(C)(C)C)ccc1-2)(C([2H])([2H])[2H])C([2H])([2H])[2H]. The second-order valence-corrected chi connectivity index (χ2v) is 18.1. The topological polar surface area (TPSA) is 3.24 Å². The van der Waals surface area contributed by atoms with Gasteiger partial charge in [0.2, 0.25) is 0 Å². The third-order valence-electron chi connectivity index (χ3n) is 13.2. The molecule has 0 bridgehead atoms. The fourth-order valence-electron chi connectivity index (χ4n) is 10.2. The molecule has 0 saturated heterocycles. The van der Waals surface area contributed by atoms with Gasteiger partial charge in [0.1, 0.15) is 0 Å². The molecule has 282 valence electrons. The van der Waals surface area contributed by atoms with E-state index < -0.39 is 31.4 Å². The van der Waals surface area contributed by atoms with E-state index in [0.717, 1.165) is 72.7 Å². The van der Waals surface area contributed by atoms with E-state index in [-0.39, 0.29) is 16.4 Å². The minimum absolute atomic E-state index is 0.176. The second-order valence-electron chi connectivity index (χ2n) is 18.1. The lowest BCUT2D eigenvalue weighted by atomic mass is 9.68. The van der Waals surface area contributed by atoms with Gasteiger partial charge >= 0.3 is 0 Å². The maximum absolute atomic E-state index is 8.73. The zero-order valence-electron chi connectivity index (χ0n) is 42.7. The van der Waals surface area contributed by atoms with E-state index in [1.807, 2.05) is 12.1 Å². The van der Waals surface area contributed by atoms with Gasteiger partial charge in [-0.1, -0.05) is 164 Å². The van der Waals surface area contributed by atoms with Crippen LogP contribution in [-0.2, 0) is 21.7 Å². The highest BCUT2D eigenvalue weighted by Gasteiger charge is 2.52. The van der Waals surface area contributed by atoms with E-state index in [4.69, 9.17) is 12.3 Å². The highest BCUT2D eigenvalue weighted by molar-refractivity contribution is 5.97. The van der Waals surface area contributed by atoms with Crippen LogP contribution in [0.2, 0.25) is 0 Å². The van der Waals surface area contributed by atoms with Crippen molar-refractivity contribution in [2.45, 2.75) is 90.7 Å². The molecule has 3 aliphatic rings. The van der Waals surface area contributed by atoms with Crippen LogP contribution < -0.4 is 4.90 Å². The third-order valence-corrected chi connectivity index (χ3v) is 13.2. The standard InChI is InChI=1S/C56H53N/c1-34-19-20-35(2)52(29-34)57(38-24-28-47-45(32-38)41-16-11-13-17-46(41)55(47,9)10)39-23-27-44-40-15-12-14-18-48(40)56(51(44)33-39)49-30-36(53(3,4)5)21-25-42(49)43-26-22-37(31-50(43)56)54(6,7)8/h11-33H,1-10H3/i3D3,4D3,5D3. The summed E-state index contributed by atoms with van der Waals surface area (Å²) in [6.07, 6.45) is 0. The van der Waals surface area contributed by atoms with Crippen LogP contribution in [-0.4, -0.2) is 0 Å². The molecule has 0 radical (unpaired) electrons. The van der Waals surface area contributed by atoms with Gasteiger partial charge in [0.15, 0.2) is 0 Å². The van der Waals surface area contributed by atoms with E-state index >= 15 is 0 Å². The summed E-state index contributed by atoms with van der Waals surface area (Å²) in [5.74, 6) is 0. The summed E-state index contributed by atoms with van der Waals surface area (Å²) in [6, 6.07) is 48.0. The van der Waals surface area contributed by atoms with Crippen LogP contribution in [0.3, 0.4) is 0 Å². The first-order chi connectivity index (χ1) is 30.8. The lowest BCUT2D eigenvalue weighted by Gasteiger charge is -2.34. The monoisotopic (exact) mass is 748 g/mol. The van der Waals surface area contributed by atoms with Crippen molar-refractivity contribution in [1.29, 1.82) is 0 Å². The van der Waals surface area contributed by atoms with Crippen molar-refractivity contribution in [3.05, 3.63) is 195 Å². The van der Waals surface area contributed by atoms with Gasteiger partial charge in [-0.2, -0.15) is 0 Å². The van der Waals surface area contributed by atoms with Crippen molar-refractivity contribution < 1.29 is 12.3 Å². The Bertz CT molecular complexity index is 3120. The molecule has 3 aliphatic carbocycles. The van der Waals surface area contributed by atoms with Crippen molar-refractivity contribution >= 4 is 17.1 Å². The van der Waals surface area contributed by atoms with E-state index in [9.17, 15) is 0 Å². The van der Waals surface area contributed by atoms with Crippen molar-refractivity contribution in [3.63, 3.8) is 0 Å². The van der Waals surface area contributed by atoms with Crippen molar-refractivity contribution in [2.24, 2.45) is 0 Å².